The van der Waals surface area contributed by atoms with E-state index >= 15 is 0 Å². The van der Waals surface area contributed by atoms with Gasteiger partial charge >= 0.3 is 5.97 Å². The van der Waals surface area contributed by atoms with Crippen LogP contribution in [0.15, 0.2) is 56.5 Å². The monoisotopic (exact) mass is 463 g/mol. The van der Waals surface area contributed by atoms with Crippen molar-refractivity contribution in [1.29, 1.82) is 5.41 Å². The normalized spacial score (nSPS) is 19.1. The molecule has 1 saturated heterocycles. The Labute approximate surface area is 194 Å². The molecule has 4 heterocycles. The molecule has 0 atom stereocenters. The maximum Gasteiger partial charge on any atom is 0.338 e. The number of carbonyl (C=O) groups excluding carboxylic acids is 2. The minimum absolute atomic E-state index is 0.0246. The number of amidine groups is 3. The van der Waals surface area contributed by atoms with Gasteiger partial charge in [-0.25, -0.2) is 4.79 Å². The summed E-state index contributed by atoms with van der Waals surface area (Å²) in [5.74, 6) is 0.0970. The fourth-order valence-electron chi connectivity index (χ4n) is 3.73. The van der Waals surface area contributed by atoms with Crippen molar-refractivity contribution in [1.82, 2.24) is 9.91 Å². The van der Waals surface area contributed by atoms with Crippen LogP contribution in [0.5, 0.6) is 0 Å². The largest absolute Gasteiger partial charge is 0.462 e. The van der Waals surface area contributed by atoms with E-state index in [0.29, 0.717) is 28.9 Å². The van der Waals surface area contributed by atoms with Gasteiger partial charge in [-0.15, -0.1) is 5.10 Å². The number of hydrogen-bond donors (Lipinski definition) is 1. The molecule has 1 aromatic carbocycles. The Hall–Kier alpha value is -3.66. The Morgan fingerprint density at radius 2 is 1.94 bits per heavy atom. The number of furan rings is 1. The Bertz CT molecular complexity index is 1220. The van der Waals surface area contributed by atoms with Gasteiger partial charge in [-0.05, 0) is 61.9 Å². The van der Waals surface area contributed by atoms with Crippen molar-refractivity contribution in [3.63, 3.8) is 0 Å². The fraction of sp³-hybridized carbons (Fsp3) is 0.261. The molecule has 9 nitrogen and oxygen atoms in total. The van der Waals surface area contributed by atoms with Gasteiger partial charge in [-0.1, -0.05) is 12.1 Å². The van der Waals surface area contributed by atoms with Gasteiger partial charge in [-0.3, -0.25) is 10.2 Å². The van der Waals surface area contributed by atoms with Crippen LogP contribution in [-0.2, 0) is 9.53 Å². The van der Waals surface area contributed by atoms with Crippen molar-refractivity contribution in [2.24, 2.45) is 10.1 Å². The standard InChI is InChI=1S/C23H21N5O4S/c1-2-31-21(30)15-7-5-14(6-8-15)18-10-9-16(32-18)13-17-19(24)28-22(25-20(17)29)33-23(26-28)27-11-3-4-12-27/h5-10,13,24H,2-4,11-12H2,1H3/b17-13+,24-19?. The molecule has 33 heavy (non-hydrogen) atoms. The van der Waals surface area contributed by atoms with Crippen LogP contribution in [0.3, 0.4) is 0 Å². The summed E-state index contributed by atoms with van der Waals surface area (Å²) in [7, 11) is 0. The van der Waals surface area contributed by atoms with E-state index in [-0.39, 0.29) is 17.4 Å². The van der Waals surface area contributed by atoms with E-state index in [9.17, 15) is 9.59 Å². The lowest BCUT2D eigenvalue weighted by molar-refractivity contribution is -0.114. The maximum atomic E-state index is 12.6. The zero-order chi connectivity index (χ0) is 22.9. The maximum absolute atomic E-state index is 12.6. The van der Waals surface area contributed by atoms with Crippen LogP contribution < -0.4 is 0 Å². The molecule has 3 aliphatic rings. The SMILES string of the molecule is CCOC(=O)c1ccc(-c2ccc(/C=C3\C(=N)N4N=C(N5CCCC5)SC4=NC3=O)o2)cc1. The molecule has 1 aromatic heterocycles. The molecule has 10 heteroatoms. The van der Waals surface area contributed by atoms with Gasteiger partial charge < -0.3 is 14.1 Å². The first kappa shape index (κ1) is 21.2. The topological polar surface area (TPSA) is 112 Å². The first-order valence-corrected chi connectivity index (χ1v) is 11.5. The van der Waals surface area contributed by atoms with Gasteiger partial charge in [0.15, 0.2) is 11.0 Å². The third-order valence-electron chi connectivity index (χ3n) is 5.41. The van der Waals surface area contributed by atoms with Gasteiger partial charge in [0.05, 0.1) is 17.7 Å². The van der Waals surface area contributed by atoms with E-state index in [2.05, 4.69) is 15.0 Å². The van der Waals surface area contributed by atoms with E-state index in [1.54, 1.807) is 43.3 Å². The number of fused-ring (bicyclic) bond motifs is 1. The molecule has 0 saturated carbocycles. The molecular weight excluding hydrogens is 442 g/mol. The molecule has 5 rings (SSSR count). The summed E-state index contributed by atoms with van der Waals surface area (Å²) in [6.45, 7) is 3.92. The van der Waals surface area contributed by atoms with Gasteiger partial charge in [0, 0.05) is 18.7 Å². The highest BCUT2D eigenvalue weighted by molar-refractivity contribution is 8.26. The number of hydrogen-bond acceptors (Lipinski definition) is 8. The van der Waals surface area contributed by atoms with Crippen LogP contribution in [0.1, 0.15) is 35.9 Å². The molecule has 3 aliphatic heterocycles. The molecule has 1 N–H and O–H groups in total. The number of aliphatic imine (C=N–C) groups is 1. The van der Waals surface area contributed by atoms with Crippen LogP contribution in [0.4, 0.5) is 0 Å². The van der Waals surface area contributed by atoms with Crippen LogP contribution in [0.25, 0.3) is 17.4 Å². The summed E-state index contributed by atoms with van der Waals surface area (Å²) in [6, 6.07) is 10.4. The second-order valence-electron chi connectivity index (χ2n) is 7.60. The smallest absolute Gasteiger partial charge is 0.338 e. The number of nitrogens with zero attached hydrogens (tertiary/aromatic N) is 4. The van der Waals surface area contributed by atoms with Gasteiger partial charge in [-0.2, -0.15) is 10.0 Å². The lowest BCUT2D eigenvalue weighted by Crippen LogP contribution is -2.35. The summed E-state index contributed by atoms with van der Waals surface area (Å²) in [4.78, 5) is 30.7. The Kier molecular flexibility index (Phi) is 5.59. The van der Waals surface area contributed by atoms with E-state index < -0.39 is 5.91 Å². The van der Waals surface area contributed by atoms with E-state index in [4.69, 9.17) is 14.6 Å². The highest BCUT2D eigenvalue weighted by atomic mass is 32.2. The van der Waals surface area contributed by atoms with Crippen LogP contribution in [0, 0.1) is 5.41 Å². The predicted octanol–water partition coefficient (Wildman–Crippen LogP) is 3.80. The highest BCUT2D eigenvalue weighted by Gasteiger charge is 2.37. The average Bonchev–Trinajstić information content (AvgIpc) is 3.57. The zero-order valence-electron chi connectivity index (χ0n) is 17.9. The molecule has 0 unspecified atom stereocenters. The van der Waals surface area contributed by atoms with Crippen LogP contribution in [0.2, 0.25) is 0 Å². The lowest BCUT2D eigenvalue weighted by atomic mass is 10.1. The number of benzene rings is 1. The molecule has 1 amide bonds. The second kappa shape index (κ2) is 8.70. The molecule has 168 valence electrons. The van der Waals surface area contributed by atoms with E-state index in [1.165, 1.54) is 22.8 Å². The van der Waals surface area contributed by atoms with Crippen molar-refractivity contribution in [2.75, 3.05) is 19.7 Å². The quantitative estimate of drug-likeness (QED) is 0.542. The van der Waals surface area contributed by atoms with Gasteiger partial charge in [0.2, 0.25) is 5.17 Å². The molecule has 0 radical (unpaired) electrons. The number of nitrogens with one attached hydrogen (secondary N) is 1. The minimum atomic E-state index is -0.492. The van der Waals surface area contributed by atoms with Gasteiger partial charge in [0.25, 0.3) is 5.91 Å². The Morgan fingerprint density at radius 1 is 1.18 bits per heavy atom. The van der Waals surface area contributed by atoms with Crippen molar-refractivity contribution in [3.05, 3.63) is 53.3 Å². The van der Waals surface area contributed by atoms with Crippen molar-refractivity contribution in [2.45, 2.75) is 19.8 Å². The number of likely N-dealkylation sites (tertiary alicyclic amines) is 1. The minimum Gasteiger partial charge on any atom is -0.462 e. The van der Waals surface area contributed by atoms with Crippen molar-refractivity contribution >= 4 is 45.9 Å². The third kappa shape index (κ3) is 4.09. The number of hydrazone groups is 1. The van der Waals surface area contributed by atoms with E-state index in [0.717, 1.165) is 36.7 Å². The molecule has 1 fully saturated rings. The molecule has 0 spiro atoms. The van der Waals surface area contributed by atoms with Crippen molar-refractivity contribution < 1.29 is 18.7 Å². The fourth-order valence-corrected chi connectivity index (χ4v) is 4.68. The molecule has 0 aliphatic carbocycles. The number of thioether (sulfide) groups is 1. The molecule has 0 bridgehead atoms. The molecule has 2 aromatic rings. The first-order valence-electron chi connectivity index (χ1n) is 10.7. The summed E-state index contributed by atoms with van der Waals surface area (Å²) in [6.07, 6.45) is 3.73. The summed E-state index contributed by atoms with van der Waals surface area (Å²) in [5.41, 5.74) is 1.35. The van der Waals surface area contributed by atoms with Gasteiger partial charge in [0.1, 0.15) is 11.5 Å². The van der Waals surface area contributed by atoms with Crippen LogP contribution >= 0.6 is 11.8 Å². The highest BCUT2D eigenvalue weighted by Crippen LogP contribution is 2.31. The van der Waals surface area contributed by atoms with E-state index in [1.807, 2.05) is 0 Å². The number of ether oxygens (including phenoxy) is 1. The lowest BCUT2D eigenvalue weighted by Gasteiger charge is -2.19. The van der Waals surface area contributed by atoms with Crippen LogP contribution in [-0.4, -0.2) is 57.7 Å². The zero-order valence-corrected chi connectivity index (χ0v) is 18.7. The summed E-state index contributed by atoms with van der Waals surface area (Å²) >= 11 is 1.32. The second-order valence-corrected chi connectivity index (χ2v) is 8.53. The number of esters is 1. The van der Waals surface area contributed by atoms with Crippen molar-refractivity contribution in [3.8, 4) is 11.3 Å². The predicted molar refractivity (Wildman–Crippen MR) is 126 cm³/mol. The first-order chi connectivity index (χ1) is 16.0. The Balaban J connectivity index is 1.35. The summed E-state index contributed by atoms with van der Waals surface area (Å²) in [5, 5.41) is 15.6. The number of rotatable bonds is 4. The number of amides is 1. The third-order valence-corrected chi connectivity index (χ3v) is 6.38. The number of carbonyl (C=O) groups is 2. The Morgan fingerprint density at radius 3 is 2.67 bits per heavy atom. The average molecular weight is 464 g/mol. The molecular formula is C23H21N5O4S. The summed E-state index contributed by atoms with van der Waals surface area (Å²) < 4.78 is 10.9.